The molecule has 1 atom stereocenters. The SMILES string of the molecule is NCCCC[P+](=O)O. The van der Waals surface area contributed by atoms with E-state index in [9.17, 15) is 4.57 Å². The Balaban J connectivity index is 2.82. The molecule has 0 heterocycles. The van der Waals surface area contributed by atoms with E-state index in [0.29, 0.717) is 12.7 Å². The van der Waals surface area contributed by atoms with E-state index in [1.54, 1.807) is 0 Å². The van der Waals surface area contributed by atoms with Gasteiger partial charge in [-0.1, -0.05) is 0 Å². The fraction of sp³-hybridized carbons (Fsp3) is 1.00. The molecular weight excluding hydrogens is 125 g/mol. The average molecular weight is 136 g/mol. The lowest BCUT2D eigenvalue weighted by molar-refractivity contribution is 0.500. The van der Waals surface area contributed by atoms with Crippen molar-refractivity contribution in [3.05, 3.63) is 0 Å². The Bertz CT molecular complexity index is 76.4. The highest BCUT2D eigenvalue weighted by atomic mass is 31.1. The molecule has 3 N–H and O–H groups in total. The molecule has 0 saturated carbocycles. The molecule has 8 heavy (non-hydrogen) atoms. The summed E-state index contributed by atoms with van der Waals surface area (Å²) in [5, 5.41) is 0. The van der Waals surface area contributed by atoms with Gasteiger partial charge in [0.25, 0.3) is 0 Å². The van der Waals surface area contributed by atoms with E-state index in [1.165, 1.54) is 0 Å². The lowest BCUT2D eigenvalue weighted by Crippen LogP contribution is -1.98. The fourth-order valence-corrected chi connectivity index (χ4v) is 0.886. The second-order valence-corrected chi connectivity index (χ2v) is 2.72. The van der Waals surface area contributed by atoms with Crippen LogP contribution in [0.5, 0.6) is 0 Å². The van der Waals surface area contributed by atoms with Crippen molar-refractivity contribution in [1.29, 1.82) is 0 Å². The molecule has 0 rings (SSSR count). The largest absolute Gasteiger partial charge is 0.505 e. The Labute approximate surface area is 49.8 Å². The first kappa shape index (κ1) is 8.02. The van der Waals surface area contributed by atoms with E-state index in [1.807, 2.05) is 0 Å². The first-order valence-electron chi connectivity index (χ1n) is 2.61. The van der Waals surface area contributed by atoms with Gasteiger partial charge in [0.15, 0.2) is 6.16 Å². The Morgan fingerprint density at radius 2 is 2.12 bits per heavy atom. The standard InChI is InChI=1S/C4H10NO2P/c5-3-1-2-4-8(6)7/h1-5H2/p+1. The summed E-state index contributed by atoms with van der Waals surface area (Å²) < 4.78 is 9.98. The third-order valence-electron chi connectivity index (χ3n) is 0.804. The van der Waals surface area contributed by atoms with E-state index >= 15 is 0 Å². The van der Waals surface area contributed by atoms with E-state index in [2.05, 4.69) is 0 Å². The van der Waals surface area contributed by atoms with Gasteiger partial charge in [-0.25, -0.2) is 0 Å². The third-order valence-corrected chi connectivity index (χ3v) is 1.50. The molecule has 0 amide bonds. The maximum atomic E-state index is 9.98. The molecule has 0 aromatic heterocycles. The molecule has 1 unspecified atom stereocenters. The van der Waals surface area contributed by atoms with Crippen LogP contribution in [-0.4, -0.2) is 17.6 Å². The summed E-state index contributed by atoms with van der Waals surface area (Å²) in [5.74, 6) is 0. The van der Waals surface area contributed by atoms with Crippen LogP contribution in [0.3, 0.4) is 0 Å². The summed E-state index contributed by atoms with van der Waals surface area (Å²) >= 11 is 0. The maximum Gasteiger partial charge on any atom is 0.505 e. The Morgan fingerprint density at radius 3 is 2.50 bits per heavy atom. The van der Waals surface area contributed by atoms with Crippen molar-refractivity contribution in [1.82, 2.24) is 0 Å². The average Bonchev–Trinajstić information content (AvgIpc) is 1.66. The van der Waals surface area contributed by atoms with Crippen LogP contribution in [-0.2, 0) is 4.57 Å². The van der Waals surface area contributed by atoms with Crippen molar-refractivity contribution in [2.24, 2.45) is 5.73 Å². The van der Waals surface area contributed by atoms with Crippen molar-refractivity contribution in [3.8, 4) is 0 Å². The predicted molar refractivity (Wildman–Crippen MR) is 33.0 cm³/mol. The van der Waals surface area contributed by atoms with Crippen LogP contribution in [0.2, 0.25) is 0 Å². The van der Waals surface area contributed by atoms with Gasteiger partial charge in [0.1, 0.15) is 0 Å². The first-order chi connectivity index (χ1) is 3.77. The summed E-state index contributed by atoms with van der Waals surface area (Å²) in [6, 6.07) is 0. The maximum absolute atomic E-state index is 9.98. The van der Waals surface area contributed by atoms with Crippen LogP contribution in [0.1, 0.15) is 12.8 Å². The summed E-state index contributed by atoms with van der Waals surface area (Å²) in [7, 11) is -1.92. The zero-order valence-electron chi connectivity index (χ0n) is 4.71. The number of hydrogen-bond acceptors (Lipinski definition) is 2. The first-order valence-corrected chi connectivity index (χ1v) is 4.00. The van der Waals surface area contributed by atoms with Crippen LogP contribution in [0, 0.1) is 0 Å². The number of nitrogens with two attached hydrogens (primary N) is 1. The highest BCUT2D eigenvalue weighted by Crippen LogP contribution is 2.13. The number of hydrogen-bond donors (Lipinski definition) is 2. The van der Waals surface area contributed by atoms with Crippen LogP contribution in [0.15, 0.2) is 0 Å². The second kappa shape index (κ2) is 5.16. The van der Waals surface area contributed by atoms with Crippen LogP contribution < -0.4 is 5.73 Å². The lowest BCUT2D eigenvalue weighted by Gasteiger charge is -1.83. The normalized spacial score (nSPS) is 11.5. The molecule has 0 aliphatic rings. The lowest BCUT2D eigenvalue weighted by atomic mass is 10.3. The van der Waals surface area contributed by atoms with Crippen molar-refractivity contribution in [2.75, 3.05) is 12.7 Å². The van der Waals surface area contributed by atoms with Crippen molar-refractivity contribution in [2.45, 2.75) is 12.8 Å². The van der Waals surface area contributed by atoms with Gasteiger partial charge in [0.05, 0.1) is 0 Å². The van der Waals surface area contributed by atoms with Gasteiger partial charge in [-0.15, -0.1) is 0 Å². The quantitative estimate of drug-likeness (QED) is 0.436. The summed E-state index contributed by atoms with van der Waals surface area (Å²) in [4.78, 5) is 8.25. The monoisotopic (exact) mass is 136 g/mol. The molecule has 0 aromatic carbocycles. The zero-order chi connectivity index (χ0) is 6.41. The van der Waals surface area contributed by atoms with Gasteiger partial charge < -0.3 is 5.73 Å². The smallest absolute Gasteiger partial charge is 0.330 e. The van der Waals surface area contributed by atoms with Crippen LogP contribution >= 0.6 is 8.03 Å². The van der Waals surface area contributed by atoms with Gasteiger partial charge in [0.2, 0.25) is 0 Å². The molecule has 4 heteroatoms. The molecule has 0 aliphatic heterocycles. The minimum absolute atomic E-state index is 0.395. The minimum Gasteiger partial charge on any atom is -0.330 e. The molecule has 0 fully saturated rings. The molecule has 0 aliphatic carbocycles. The Hall–Kier alpha value is 0.0200. The highest BCUT2D eigenvalue weighted by molar-refractivity contribution is 7.37. The minimum atomic E-state index is -1.92. The molecule has 0 radical (unpaired) electrons. The van der Waals surface area contributed by atoms with Gasteiger partial charge in [-0.05, 0) is 24.0 Å². The number of unbranched alkanes of at least 4 members (excludes halogenated alkanes) is 1. The molecule has 0 aromatic rings. The molecule has 0 spiro atoms. The van der Waals surface area contributed by atoms with E-state index in [4.69, 9.17) is 10.6 Å². The summed E-state index contributed by atoms with van der Waals surface area (Å²) in [6.07, 6.45) is 2.01. The van der Waals surface area contributed by atoms with Gasteiger partial charge in [-0.2, -0.15) is 4.89 Å². The summed E-state index contributed by atoms with van der Waals surface area (Å²) in [6.45, 7) is 0.614. The molecule has 0 bridgehead atoms. The van der Waals surface area contributed by atoms with Crippen molar-refractivity contribution < 1.29 is 9.46 Å². The Morgan fingerprint density at radius 1 is 1.50 bits per heavy atom. The van der Waals surface area contributed by atoms with E-state index < -0.39 is 8.03 Å². The van der Waals surface area contributed by atoms with E-state index in [0.717, 1.165) is 12.8 Å². The van der Waals surface area contributed by atoms with Crippen molar-refractivity contribution in [3.63, 3.8) is 0 Å². The highest BCUT2D eigenvalue weighted by Gasteiger charge is 2.06. The second-order valence-electron chi connectivity index (χ2n) is 1.57. The molecular formula is C4H11NO2P+. The van der Waals surface area contributed by atoms with Crippen LogP contribution in [0.25, 0.3) is 0 Å². The third kappa shape index (κ3) is 6.02. The summed E-state index contributed by atoms with van der Waals surface area (Å²) in [5.41, 5.74) is 5.14. The topological polar surface area (TPSA) is 63.3 Å². The molecule has 48 valence electrons. The van der Waals surface area contributed by atoms with Crippen molar-refractivity contribution >= 4 is 8.03 Å². The predicted octanol–water partition coefficient (Wildman–Crippen LogP) is 0.460. The molecule has 0 saturated heterocycles. The van der Waals surface area contributed by atoms with Gasteiger partial charge in [-0.3, -0.25) is 0 Å². The van der Waals surface area contributed by atoms with Gasteiger partial charge >= 0.3 is 8.03 Å². The van der Waals surface area contributed by atoms with Gasteiger partial charge in [0, 0.05) is 0 Å². The Kier molecular flexibility index (Phi) is 5.18. The molecule has 3 nitrogen and oxygen atoms in total. The van der Waals surface area contributed by atoms with E-state index in [-0.39, 0.29) is 0 Å². The fourth-order valence-electron chi connectivity index (χ4n) is 0.391. The zero-order valence-corrected chi connectivity index (χ0v) is 5.60. The number of rotatable bonds is 4. The van der Waals surface area contributed by atoms with Crippen LogP contribution in [0.4, 0.5) is 0 Å².